The third kappa shape index (κ3) is 4.87. The Hall–Kier alpha value is -1.82. The summed E-state index contributed by atoms with van der Waals surface area (Å²) in [6.45, 7) is 8.22. The summed E-state index contributed by atoms with van der Waals surface area (Å²) in [5.74, 6) is -0.287. The fourth-order valence-electron chi connectivity index (χ4n) is 2.21. The second kappa shape index (κ2) is 6.96. The predicted molar refractivity (Wildman–Crippen MR) is 82.5 cm³/mol. The van der Waals surface area contributed by atoms with Crippen LogP contribution in [0, 0.1) is 5.82 Å². The number of nitrogens with one attached hydrogen (secondary N) is 1. The molecule has 22 heavy (non-hydrogen) atoms. The summed E-state index contributed by atoms with van der Waals surface area (Å²) in [7, 11) is 0. The van der Waals surface area contributed by atoms with Gasteiger partial charge >= 0.3 is 6.09 Å². The van der Waals surface area contributed by atoms with E-state index in [2.05, 4.69) is 5.32 Å². The molecule has 1 aliphatic rings. The SMILES string of the molecule is CC(C)(C)OC(=O)NCc1ccc(N2CCOCC2)c(F)c1. The lowest BCUT2D eigenvalue weighted by atomic mass is 10.1. The van der Waals surface area contributed by atoms with Gasteiger partial charge in [-0.25, -0.2) is 9.18 Å². The van der Waals surface area contributed by atoms with Gasteiger partial charge in [0, 0.05) is 19.6 Å². The highest BCUT2D eigenvalue weighted by Gasteiger charge is 2.17. The predicted octanol–water partition coefficient (Wildman–Crippen LogP) is 2.69. The second-order valence-electron chi connectivity index (χ2n) is 6.24. The molecule has 0 spiro atoms. The van der Waals surface area contributed by atoms with Gasteiger partial charge in [-0.1, -0.05) is 6.07 Å². The van der Waals surface area contributed by atoms with Crippen LogP contribution in [-0.2, 0) is 16.0 Å². The van der Waals surface area contributed by atoms with Crippen molar-refractivity contribution in [3.63, 3.8) is 0 Å². The molecule has 6 heteroatoms. The Kier molecular flexibility index (Phi) is 5.24. The molecule has 2 rings (SSSR count). The first-order valence-corrected chi connectivity index (χ1v) is 7.43. The molecular weight excluding hydrogens is 287 g/mol. The molecule has 0 radical (unpaired) electrons. The van der Waals surface area contributed by atoms with Crippen molar-refractivity contribution >= 4 is 11.8 Å². The van der Waals surface area contributed by atoms with E-state index in [1.807, 2.05) is 11.0 Å². The van der Waals surface area contributed by atoms with Crippen molar-refractivity contribution in [2.45, 2.75) is 32.9 Å². The Morgan fingerprint density at radius 3 is 2.64 bits per heavy atom. The minimum atomic E-state index is -0.546. The molecule has 0 bridgehead atoms. The van der Waals surface area contributed by atoms with Gasteiger partial charge in [0.05, 0.1) is 18.9 Å². The number of benzene rings is 1. The number of alkyl carbamates (subject to hydrolysis) is 1. The molecule has 1 aromatic carbocycles. The molecule has 0 saturated carbocycles. The lowest BCUT2D eigenvalue weighted by molar-refractivity contribution is 0.0523. The molecule has 1 aromatic rings. The Labute approximate surface area is 130 Å². The molecule has 1 heterocycles. The zero-order valence-corrected chi connectivity index (χ0v) is 13.3. The summed E-state index contributed by atoms with van der Waals surface area (Å²) >= 11 is 0. The van der Waals surface area contributed by atoms with Crippen LogP contribution in [0.1, 0.15) is 26.3 Å². The van der Waals surface area contributed by atoms with E-state index in [0.717, 1.165) is 0 Å². The lowest BCUT2D eigenvalue weighted by Gasteiger charge is -2.29. The van der Waals surface area contributed by atoms with Gasteiger partial charge in [0.2, 0.25) is 0 Å². The molecule has 0 aliphatic carbocycles. The third-order valence-corrected chi connectivity index (χ3v) is 3.20. The summed E-state index contributed by atoms with van der Waals surface area (Å²) < 4.78 is 24.6. The summed E-state index contributed by atoms with van der Waals surface area (Å²) in [6.07, 6.45) is -0.509. The number of halogens is 1. The van der Waals surface area contributed by atoms with E-state index >= 15 is 0 Å². The van der Waals surface area contributed by atoms with Crippen LogP contribution in [0.4, 0.5) is 14.9 Å². The molecule has 1 fully saturated rings. The first kappa shape index (κ1) is 16.5. The zero-order chi connectivity index (χ0) is 16.2. The smallest absolute Gasteiger partial charge is 0.407 e. The van der Waals surface area contributed by atoms with Crippen LogP contribution in [0.25, 0.3) is 0 Å². The monoisotopic (exact) mass is 310 g/mol. The van der Waals surface area contributed by atoms with Crippen molar-refractivity contribution in [2.75, 3.05) is 31.2 Å². The van der Waals surface area contributed by atoms with Crippen molar-refractivity contribution in [2.24, 2.45) is 0 Å². The third-order valence-electron chi connectivity index (χ3n) is 3.20. The van der Waals surface area contributed by atoms with Gasteiger partial charge in [-0.15, -0.1) is 0 Å². The Morgan fingerprint density at radius 2 is 2.05 bits per heavy atom. The molecule has 1 saturated heterocycles. The standard InChI is InChI=1S/C16H23FN2O3/c1-16(2,3)22-15(20)18-11-12-4-5-14(13(17)10-12)19-6-8-21-9-7-19/h4-5,10H,6-9,11H2,1-3H3,(H,18,20). The van der Waals surface area contributed by atoms with Crippen LogP contribution in [0.2, 0.25) is 0 Å². The number of nitrogens with zero attached hydrogens (tertiary/aromatic N) is 1. The Balaban J connectivity index is 1.93. The summed E-state index contributed by atoms with van der Waals surface area (Å²) in [4.78, 5) is 13.5. The summed E-state index contributed by atoms with van der Waals surface area (Å²) in [5.41, 5.74) is 0.722. The average molecular weight is 310 g/mol. The van der Waals surface area contributed by atoms with Crippen LogP contribution < -0.4 is 10.2 Å². The maximum atomic E-state index is 14.2. The lowest BCUT2D eigenvalue weighted by Crippen LogP contribution is -2.36. The minimum Gasteiger partial charge on any atom is -0.444 e. The van der Waals surface area contributed by atoms with Crippen molar-refractivity contribution in [3.8, 4) is 0 Å². The van der Waals surface area contributed by atoms with E-state index in [4.69, 9.17) is 9.47 Å². The molecular formula is C16H23FN2O3. The molecule has 122 valence electrons. The number of carbonyl (C=O) groups is 1. The fourth-order valence-corrected chi connectivity index (χ4v) is 2.21. The van der Waals surface area contributed by atoms with Crippen LogP contribution in [0.5, 0.6) is 0 Å². The largest absolute Gasteiger partial charge is 0.444 e. The van der Waals surface area contributed by atoms with E-state index < -0.39 is 11.7 Å². The van der Waals surface area contributed by atoms with Crippen LogP contribution in [0.15, 0.2) is 18.2 Å². The van der Waals surface area contributed by atoms with Crippen molar-refractivity contribution < 1.29 is 18.7 Å². The molecule has 0 unspecified atom stereocenters. The number of anilines is 1. The van der Waals surface area contributed by atoms with Crippen LogP contribution >= 0.6 is 0 Å². The van der Waals surface area contributed by atoms with E-state index in [-0.39, 0.29) is 12.4 Å². The van der Waals surface area contributed by atoms with Crippen molar-refractivity contribution in [3.05, 3.63) is 29.6 Å². The van der Waals surface area contributed by atoms with Crippen LogP contribution in [0.3, 0.4) is 0 Å². The quantitative estimate of drug-likeness (QED) is 0.932. The van der Waals surface area contributed by atoms with Crippen molar-refractivity contribution in [1.29, 1.82) is 0 Å². The number of hydrogen-bond donors (Lipinski definition) is 1. The molecule has 0 atom stereocenters. The molecule has 1 aliphatic heterocycles. The van der Waals surface area contributed by atoms with E-state index in [1.165, 1.54) is 6.07 Å². The minimum absolute atomic E-state index is 0.231. The number of hydrogen-bond acceptors (Lipinski definition) is 4. The molecule has 0 aromatic heterocycles. The average Bonchev–Trinajstić information content (AvgIpc) is 2.44. The first-order valence-electron chi connectivity index (χ1n) is 7.43. The first-order chi connectivity index (χ1) is 10.3. The number of ether oxygens (including phenoxy) is 2. The highest BCUT2D eigenvalue weighted by Crippen LogP contribution is 2.21. The van der Waals surface area contributed by atoms with Gasteiger partial charge in [-0.2, -0.15) is 0 Å². The van der Waals surface area contributed by atoms with Gasteiger partial charge in [0.25, 0.3) is 0 Å². The van der Waals surface area contributed by atoms with E-state index in [0.29, 0.717) is 37.6 Å². The number of rotatable bonds is 3. The molecule has 1 amide bonds. The van der Waals surface area contributed by atoms with Gasteiger partial charge < -0.3 is 19.7 Å². The Morgan fingerprint density at radius 1 is 1.36 bits per heavy atom. The second-order valence-corrected chi connectivity index (χ2v) is 6.24. The van der Waals surface area contributed by atoms with Gasteiger partial charge in [0.1, 0.15) is 11.4 Å². The highest BCUT2D eigenvalue weighted by molar-refractivity contribution is 5.67. The molecule has 5 nitrogen and oxygen atoms in total. The van der Waals surface area contributed by atoms with Gasteiger partial charge in [-0.05, 0) is 38.5 Å². The van der Waals surface area contributed by atoms with Gasteiger partial charge in [0.15, 0.2) is 0 Å². The maximum Gasteiger partial charge on any atom is 0.407 e. The van der Waals surface area contributed by atoms with E-state index in [9.17, 15) is 9.18 Å². The van der Waals surface area contributed by atoms with Gasteiger partial charge in [-0.3, -0.25) is 0 Å². The summed E-state index contributed by atoms with van der Waals surface area (Å²) in [5, 5.41) is 2.62. The topological polar surface area (TPSA) is 50.8 Å². The number of carbonyl (C=O) groups excluding carboxylic acids is 1. The fraction of sp³-hybridized carbons (Fsp3) is 0.562. The Bertz CT molecular complexity index is 523. The highest BCUT2D eigenvalue weighted by atomic mass is 19.1. The number of morpholine rings is 1. The van der Waals surface area contributed by atoms with Crippen LogP contribution in [-0.4, -0.2) is 38.0 Å². The zero-order valence-electron chi connectivity index (χ0n) is 13.3. The van der Waals surface area contributed by atoms with Crippen molar-refractivity contribution in [1.82, 2.24) is 5.32 Å². The molecule has 1 N–H and O–H groups in total. The summed E-state index contributed by atoms with van der Waals surface area (Å²) in [6, 6.07) is 5.00. The number of amides is 1. The maximum absolute atomic E-state index is 14.2. The van der Waals surface area contributed by atoms with E-state index in [1.54, 1.807) is 26.8 Å². The normalized spacial score (nSPS) is 15.5.